The predicted octanol–water partition coefficient (Wildman–Crippen LogP) is -0.0840. The monoisotopic (exact) mass is 208 g/mol. The van der Waals surface area contributed by atoms with Gasteiger partial charge in [0.25, 0.3) is 0 Å². The lowest BCUT2D eigenvalue weighted by molar-refractivity contribution is 0.425. The molecule has 0 aliphatic heterocycles. The summed E-state index contributed by atoms with van der Waals surface area (Å²) in [6.45, 7) is 7.77. The fourth-order valence-corrected chi connectivity index (χ4v) is 1.54. The maximum Gasteiger partial charge on any atom is 0.490 e. The minimum atomic E-state index is -1.44. The molecule has 0 atom stereocenters. The van der Waals surface area contributed by atoms with Crippen molar-refractivity contribution in [3.8, 4) is 0 Å². The summed E-state index contributed by atoms with van der Waals surface area (Å²) >= 11 is 0. The lowest BCUT2D eigenvalue weighted by Gasteiger charge is -2.20. The lowest BCUT2D eigenvalue weighted by Crippen LogP contribution is -2.33. The molecule has 4 nitrogen and oxygen atoms in total. The number of anilines is 1. The van der Waals surface area contributed by atoms with E-state index in [1.807, 2.05) is 13.0 Å². The number of rotatable bonds is 4. The summed E-state index contributed by atoms with van der Waals surface area (Å²) in [6, 6.07) is 1.88. The number of nitrogens with zero attached hydrogens (tertiary/aromatic N) is 2. The van der Waals surface area contributed by atoms with E-state index in [4.69, 9.17) is 10.0 Å². The van der Waals surface area contributed by atoms with Crippen molar-refractivity contribution in [2.75, 3.05) is 18.0 Å². The Balaban J connectivity index is 3.00. The van der Waals surface area contributed by atoms with Gasteiger partial charge in [0, 0.05) is 24.7 Å². The van der Waals surface area contributed by atoms with Crippen molar-refractivity contribution in [1.29, 1.82) is 0 Å². The van der Waals surface area contributed by atoms with E-state index in [1.165, 1.54) is 6.20 Å². The summed E-state index contributed by atoms with van der Waals surface area (Å²) in [5.74, 6) is 0.877. The number of hydrogen-bond acceptors (Lipinski definition) is 4. The molecule has 1 aromatic rings. The Labute approximate surface area is 90.7 Å². The van der Waals surface area contributed by atoms with Gasteiger partial charge in [-0.15, -0.1) is 0 Å². The molecule has 0 aromatic carbocycles. The third-order valence-electron chi connectivity index (χ3n) is 2.50. The zero-order valence-electron chi connectivity index (χ0n) is 9.44. The molecule has 0 unspecified atom stereocenters. The molecule has 5 heteroatoms. The molecule has 1 heterocycles. The molecule has 1 aromatic heterocycles. The standard InChI is InChI=1S/C10H17BN2O2/c1-4-13(5-2)10-6-8(3)9(7-12-10)11(14)15/h6-7,14-15H,4-5H2,1-3H3. The topological polar surface area (TPSA) is 56.6 Å². The molecule has 2 N–H and O–H groups in total. The Morgan fingerprint density at radius 2 is 1.93 bits per heavy atom. The zero-order valence-corrected chi connectivity index (χ0v) is 9.44. The van der Waals surface area contributed by atoms with E-state index in [-0.39, 0.29) is 0 Å². The Kier molecular flexibility index (Phi) is 4.11. The molecule has 0 radical (unpaired) electrons. The normalized spacial score (nSPS) is 10.2. The minimum Gasteiger partial charge on any atom is -0.423 e. The van der Waals surface area contributed by atoms with E-state index in [0.29, 0.717) is 5.46 Å². The van der Waals surface area contributed by atoms with Gasteiger partial charge in [-0.2, -0.15) is 0 Å². The van der Waals surface area contributed by atoms with E-state index in [9.17, 15) is 0 Å². The van der Waals surface area contributed by atoms with Crippen molar-refractivity contribution >= 4 is 18.4 Å². The SMILES string of the molecule is CCN(CC)c1cc(C)c(B(O)O)cn1. The second-order valence-electron chi connectivity index (χ2n) is 3.45. The second kappa shape index (κ2) is 5.14. The van der Waals surface area contributed by atoms with E-state index in [0.717, 1.165) is 24.5 Å². The molecule has 0 saturated heterocycles. The Hall–Kier alpha value is -1.07. The van der Waals surface area contributed by atoms with Gasteiger partial charge in [-0.1, -0.05) is 0 Å². The van der Waals surface area contributed by atoms with Gasteiger partial charge >= 0.3 is 7.12 Å². The van der Waals surface area contributed by atoms with Crippen LogP contribution in [0.1, 0.15) is 19.4 Å². The number of pyridine rings is 1. The summed E-state index contributed by atoms with van der Waals surface area (Å²) in [6.07, 6.45) is 1.52. The lowest BCUT2D eigenvalue weighted by atomic mass is 9.78. The zero-order chi connectivity index (χ0) is 11.4. The van der Waals surface area contributed by atoms with Crippen molar-refractivity contribution in [1.82, 2.24) is 4.98 Å². The molecule has 0 aliphatic carbocycles. The molecule has 0 fully saturated rings. The third kappa shape index (κ3) is 2.70. The van der Waals surface area contributed by atoms with Gasteiger partial charge in [0.2, 0.25) is 0 Å². The fourth-order valence-electron chi connectivity index (χ4n) is 1.54. The molecule has 0 aliphatic rings. The molecule has 0 spiro atoms. The summed E-state index contributed by atoms with van der Waals surface area (Å²) in [5.41, 5.74) is 1.31. The van der Waals surface area contributed by atoms with Gasteiger partial charge in [-0.3, -0.25) is 0 Å². The van der Waals surface area contributed by atoms with Gasteiger partial charge in [-0.25, -0.2) is 4.98 Å². The van der Waals surface area contributed by atoms with Crippen molar-refractivity contribution < 1.29 is 10.0 Å². The largest absolute Gasteiger partial charge is 0.490 e. The van der Waals surface area contributed by atoms with Crippen LogP contribution in [0, 0.1) is 6.92 Å². The molecule has 0 saturated carbocycles. The van der Waals surface area contributed by atoms with Crippen LogP contribution in [-0.2, 0) is 0 Å². The molecule has 0 bridgehead atoms. The first-order valence-corrected chi connectivity index (χ1v) is 5.17. The maximum absolute atomic E-state index is 9.05. The predicted molar refractivity (Wildman–Crippen MR) is 62.4 cm³/mol. The smallest absolute Gasteiger partial charge is 0.423 e. The van der Waals surface area contributed by atoms with Gasteiger partial charge in [-0.05, 0) is 32.4 Å². The molecular formula is C10H17BN2O2. The van der Waals surface area contributed by atoms with Crippen LogP contribution in [0.4, 0.5) is 5.82 Å². The van der Waals surface area contributed by atoms with Crippen LogP contribution in [0.3, 0.4) is 0 Å². The average Bonchev–Trinajstić information content (AvgIpc) is 2.19. The number of aryl methyl sites for hydroxylation is 1. The van der Waals surface area contributed by atoms with Crippen LogP contribution in [0.25, 0.3) is 0 Å². The van der Waals surface area contributed by atoms with Crippen molar-refractivity contribution in [3.05, 3.63) is 17.8 Å². The van der Waals surface area contributed by atoms with E-state index < -0.39 is 7.12 Å². The molecular weight excluding hydrogens is 191 g/mol. The van der Waals surface area contributed by atoms with Gasteiger partial charge in [0.05, 0.1) is 0 Å². The Bertz CT molecular complexity index is 327. The Morgan fingerprint density at radius 1 is 1.33 bits per heavy atom. The molecule has 82 valence electrons. The Morgan fingerprint density at radius 3 is 2.33 bits per heavy atom. The third-order valence-corrected chi connectivity index (χ3v) is 2.50. The van der Waals surface area contributed by atoms with E-state index in [1.54, 1.807) is 0 Å². The van der Waals surface area contributed by atoms with Crippen LogP contribution < -0.4 is 10.4 Å². The first-order valence-electron chi connectivity index (χ1n) is 5.17. The highest BCUT2D eigenvalue weighted by Gasteiger charge is 2.15. The maximum atomic E-state index is 9.05. The average molecular weight is 208 g/mol. The van der Waals surface area contributed by atoms with Gasteiger partial charge < -0.3 is 14.9 Å². The highest BCUT2D eigenvalue weighted by molar-refractivity contribution is 6.59. The van der Waals surface area contributed by atoms with E-state index in [2.05, 4.69) is 23.7 Å². The van der Waals surface area contributed by atoms with Crippen LogP contribution in [0.15, 0.2) is 12.3 Å². The second-order valence-corrected chi connectivity index (χ2v) is 3.45. The highest BCUT2D eigenvalue weighted by Crippen LogP contribution is 2.10. The van der Waals surface area contributed by atoms with Crippen LogP contribution in [0.5, 0.6) is 0 Å². The fraction of sp³-hybridized carbons (Fsp3) is 0.500. The summed E-state index contributed by atoms with van der Waals surface area (Å²) in [4.78, 5) is 6.32. The summed E-state index contributed by atoms with van der Waals surface area (Å²) in [5, 5.41) is 18.1. The van der Waals surface area contributed by atoms with Crippen molar-refractivity contribution in [3.63, 3.8) is 0 Å². The highest BCUT2D eigenvalue weighted by atomic mass is 16.4. The van der Waals surface area contributed by atoms with Crippen molar-refractivity contribution in [2.45, 2.75) is 20.8 Å². The quantitative estimate of drug-likeness (QED) is 0.679. The molecule has 15 heavy (non-hydrogen) atoms. The first-order chi connectivity index (χ1) is 7.10. The van der Waals surface area contributed by atoms with Crippen molar-refractivity contribution in [2.24, 2.45) is 0 Å². The molecule has 1 rings (SSSR count). The number of aromatic nitrogens is 1. The first kappa shape index (κ1) is 12.0. The summed E-state index contributed by atoms with van der Waals surface area (Å²) < 4.78 is 0. The van der Waals surface area contributed by atoms with Crippen LogP contribution in [0.2, 0.25) is 0 Å². The minimum absolute atomic E-state index is 0.464. The molecule has 0 amide bonds. The van der Waals surface area contributed by atoms with Gasteiger partial charge in [0.15, 0.2) is 0 Å². The number of hydrogen-bond donors (Lipinski definition) is 2. The van der Waals surface area contributed by atoms with E-state index >= 15 is 0 Å². The van der Waals surface area contributed by atoms with Gasteiger partial charge in [0.1, 0.15) is 5.82 Å². The van der Waals surface area contributed by atoms with Crippen LogP contribution >= 0.6 is 0 Å². The van der Waals surface area contributed by atoms with Crippen LogP contribution in [-0.4, -0.2) is 35.2 Å². The summed E-state index contributed by atoms with van der Waals surface area (Å²) in [7, 11) is -1.44.